The first-order valence-corrected chi connectivity index (χ1v) is 28.3. The molecule has 0 fully saturated rings. The van der Waals surface area contributed by atoms with E-state index in [1.54, 1.807) is 0 Å². The zero-order valence-corrected chi connectivity index (χ0v) is 45.0. The molecule has 0 aliphatic rings. The Labute approximate surface area is 419 Å². The lowest BCUT2D eigenvalue weighted by molar-refractivity contribution is -0.870. The van der Waals surface area contributed by atoms with Gasteiger partial charge in [0.1, 0.15) is 13.2 Å². The van der Waals surface area contributed by atoms with Crippen LogP contribution in [0, 0.1) is 0 Å². The largest absolute Gasteiger partial charge is 0.477 e. The number of esters is 2. The number of carboxylic acids is 1. The average Bonchev–Trinajstić information content (AvgIpc) is 3.30. The molecule has 0 aromatic rings. The first kappa shape index (κ1) is 65.2. The second-order valence-electron chi connectivity index (χ2n) is 20.2. The number of quaternary nitrogens is 1. The fraction of sp³-hybridized carbons (Fsp3) is 0.814. The highest BCUT2D eigenvalue weighted by atomic mass is 16.7. The van der Waals surface area contributed by atoms with Crippen LogP contribution in [-0.4, -0.2) is 87.4 Å². The molecule has 396 valence electrons. The zero-order chi connectivity index (χ0) is 49.9. The van der Waals surface area contributed by atoms with Gasteiger partial charge in [0.15, 0.2) is 6.10 Å². The van der Waals surface area contributed by atoms with E-state index in [1.807, 2.05) is 21.1 Å². The SMILES string of the molecule is CCCCCCC/C=C\C/C=C\C/C=C\CCCCCCCCCCCCC(=O)OC(COC(=O)CCCCCCCCC/C=C\CCCCCCCCC)COC(OCC[N+](C)(C)C)C(=O)O. The van der Waals surface area contributed by atoms with Gasteiger partial charge in [-0.2, -0.15) is 0 Å². The summed E-state index contributed by atoms with van der Waals surface area (Å²) >= 11 is 0. The number of aliphatic carboxylic acids is 1. The number of hydrogen-bond donors (Lipinski definition) is 1. The number of carbonyl (C=O) groups is 3. The van der Waals surface area contributed by atoms with Gasteiger partial charge in [-0.25, -0.2) is 4.79 Å². The van der Waals surface area contributed by atoms with Crippen LogP contribution in [0.4, 0.5) is 0 Å². The van der Waals surface area contributed by atoms with E-state index in [0.29, 0.717) is 23.9 Å². The van der Waals surface area contributed by atoms with E-state index < -0.39 is 24.3 Å². The molecule has 0 aliphatic heterocycles. The second kappa shape index (κ2) is 50.6. The van der Waals surface area contributed by atoms with Crippen LogP contribution in [0.1, 0.15) is 251 Å². The lowest BCUT2D eigenvalue weighted by Gasteiger charge is -2.25. The summed E-state index contributed by atoms with van der Waals surface area (Å²) in [6, 6.07) is 0. The Morgan fingerprint density at radius 1 is 0.441 bits per heavy atom. The molecule has 0 amide bonds. The molecular weight excluding hydrogens is 851 g/mol. The molecule has 2 atom stereocenters. The number of allylic oxidation sites excluding steroid dienone is 8. The predicted octanol–water partition coefficient (Wildman–Crippen LogP) is 16.3. The molecule has 9 nitrogen and oxygen atoms in total. The zero-order valence-electron chi connectivity index (χ0n) is 45.0. The van der Waals surface area contributed by atoms with Crippen LogP contribution in [0.2, 0.25) is 0 Å². The molecule has 0 saturated heterocycles. The Hall–Kier alpha value is -2.75. The maximum absolute atomic E-state index is 12.9. The van der Waals surface area contributed by atoms with Crippen LogP contribution in [0.25, 0.3) is 0 Å². The van der Waals surface area contributed by atoms with E-state index in [4.69, 9.17) is 18.9 Å². The number of carboxylic acid groups (broad SMARTS) is 1. The number of nitrogens with zero attached hydrogens (tertiary/aromatic N) is 1. The van der Waals surface area contributed by atoms with Gasteiger partial charge >= 0.3 is 17.9 Å². The normalized spacial score (nSPS) is 13.1. The standard InChI is InChI=1S/C59H107NO8/c1-6-8-10-12-14-16-18-20-22-24-26-27-28-29-30-31-32-34-36-38-40-42-44-46-48-50-57(62)68-55(54-67-59(58(63)64)65-52-51-60(3,4)5)53-66-56(61)49-47-45-43-41-39-37-35-33-25-23-21-19-17-15-13-11-9-7-2/h18,20,23-26,28-29,55,59H,6-17,19,21-22,27,30-54H2,1-5H3/p+1/b20-18-,25-23-,26-24-,29-28-. The molecule has 0 radical (unpaired) electrons. The van der Waals surface area contributed by atoms with Crippen molar-refractivity contribution in [3.05, 3.63) is 48.6 Å². The lowest BCUT2D eigenvalue weighted by Crippen LogP contribution is -2.40. The van der Waals surface area contributed by atoms with Crippen LogP contribution >= 0.6 is 0 Å². The molecule has 1 N–H and O–H groups in total. The van der Waals surface area contributed by atoms with Crippen molar-refractivity contribution < 1.29 is 42.9 Å². The van der Waals surface area contributed by atoms with Gasteiger partial charge < -0.3 is 28.5 Å². The third-order valence-electron chi connectivity index (χ3n) is 12.3. The summed E-state index contributed by atoms with van der Waals surface area (Å²) in [6.07, 6.45) is 58.9. The van der Waals surface area contributed by atoms with Crippen molar-refractivity contribution in [3.63, 3.8) is 0 Å². The molecule has 2 unspecified atom stereocenters. The number of unbranched alkanes of at least 4 members (excludes halogenated alkanes) is 29. The number of ether oxygens (including phenoxy) is 4. The molecule has 0 aromatic carbocycles. The molecule has 0 aliphatic carbocycles. The highest BCUT2D eigenvalue weighted by molar-refractivity contribution is 5.71. The maximum Gasteiger partial charge on any atom is 0.361 e. The van der Waals surface area contributed by atoms with Gasteiger partial charge in [0, 0.05) is 12.8 Å². The predicted molar refractivity (Wildman–Crippen MR) is 286 cm³/mol. The van der Waals surface area contributed by atoms with Gasteiger partial charge in [-0.3, -0.25) is 9.59 Å². The Morgan fingerprint density at radius 3 is 1.19 bits per heavy atom. The molecular formula is C59H108NO8+. The van der Waals surface area contributed by atoms with Crippen LogP contribution < -0.4 is 0 Å². The number of hydrogen-bond acceptors (Lipinski definition) is 7. The Balaban J connectivity index is 4.28. The fourth-order valence-corrected chi connectivity index (χ4v) is 7.90. The van der Waals surface area contributed by atoms with E-state index in [1.165, 1.54) is 167 Å². The lowest BCUT2D eigenvalue weighted by atomic mass is 10.0. The van der Waals surface area contributed by atoms with Crippen LogP contribution in [0.5, 0.6) is 0 Å². The highest BCUT2D eigenvalue weighted by Gasteiger charge is 2.25. The summed E-state index contributed by atoms with van der Waals surface area (Å²) in [5.74, 6) is -2.01. The van der Waals surface area contributed by atoms with Crippen molar-refractivity contribution in [1.29, 1.82) is 0 Å². The Kier molecular flexibility index (Phi) is 48.6. The second-order valence-corrected chi connectivity index (χ2v) is 20.2. The fourth-order valence-electron chi connectivity index (χ4n) is 7.90. The summed E-state index contributed by atoms with van der Waals surface area (Å²) in [5, 5.41) is 9.69. The van der Waals surface area contributed by atoms with E-state index in [9.17, 15) is 19.5 Å². The van der Waals surface area contributed by atoms with Gasteiger partial charge in [-0.15, -0.1) is 0 Å². The van der Waals surface area contributed by atoms with Gasteiger partial charge in [0.25, 0.3) is 6.29 Å². The third-order valence-corrected chi connectivity index (χ3v) is 12.3. The maximum atomic E-state index is 12.9. The van der Waals surface area contributed by atoms with Gasteiger partial charge in [-0.1, -0.05) is 210 Å². The highest BCUT2D eigenvalue weighted by Crippen LogP contribution is 2.15. The first-order valence-electron chi connectivity index (χ1n) is 28.3. The summed E-state index contributed by atoms with van der Waals surface area (Å²) in [6.45, 7) is 4.87. The van der Waals surface area contributed by atoms with Crippen molar-refractivity contribution in [1.82, 2.24) is 0 Å². The Morgan fingerprint density at radius 2 is 0.794 bits per heavy atom. The quantitative estimate of drug-likeness (QED) is 0.0211. The molecule has 0 saturated carbocycles. The van der Waals surface area contributed by atoms with Gasteiger partial charge in [0.2, 0.25) is 0 Å². The topological polar surface area (TPSA) is 108 Å². The van der Waals surface area contributed by atoms with Crippen molar-refractivity contribution >= 4 is 17.9 Å². The summed E-state index contributed by atoms with van der Waals surface area (Å²) in [5.41, 5.74) is 0. The van der Waals surface area contributed by atoms with Crippen LogP contribution in [-0.2, 0) is 33.3 Å². The monoisotopic (exact) mass is 959 g/mol. The molecule has 9 heteroatoms. The van der Waals surface area contributed by atoms with Crippen LogP contribution in [0.15, 0.2) is 48.6 Å². The summed E-state index contributed by atoms with van der Waals surface area (Å²) in [7, 11) is 5.97. The van der Waals surface area contributed by atoms with Crippen LogP contribution in [0.3, 0.4) is 0 Å². The minimum absolute atomic E-state index is 0.185. The third kappa shape index (κ3) is 51.1. The number of rotatable bonds is 52. The molecule has 0 bridgehead atoms. The van der Waals surface area contributed by atoms with Crippen molar-refractivity contribution in [2.45, 2.75) is 264 Å². The summed E-state index contributed by atoms with van der Waals surface area (Å²) < 4.78 is 22.9. The molecule has 0 heterocycles. The van der Waals surface area contributed by atoms with E-state index in [0.717, 1.165) is 51.4 Å². The molecule has 0 aromatic heterocycles. The first-order chi connectivity index (χ1) is 33.1. The van der Waals surface area contributed by atoms with Crippen molar-refractivity contribution in [3.8, 4) is 0 Å². The van der Waals surface area contributed by atoms with Gasteiger partial charge in [-0.05, 0) is 77.0 Å². The molecule has 0 rings (SSSR count). The Bertz CT molecular complexity index is 1250. The van der Waals surface area contributed by atoms with E-state index >= 15 is 0 Å². The summed E-state index contributed by atoms with van der Waals surface area (Å²) in [4.78, 5) is 37.4. The number of likely N-dealkylation sites (N-methyl/N-ethyl adjacent to an activating group) is 1. The molecule has 0 spiro atoms. The molecule has 68 heavy (non-hydrogen) atoms. The van der Waals surface area contributed by atoms with E-state index in [-0.39, 0.29) is 32.2 Å². The average molecular weight is 960 g/mol. The smallest absolute Gasteiger partial charge is 0.361 e. The number of carbonyl (C=O) groups excluding carboxylic acids is 2. The van der Waals surface area contributed by atoms with Crippen molar-refractivity contribution in [2.75, 3.05) is 47.5 Å². The minimum Gasteiger partial charge on any atom is -0.477 e. The van der Waals surface area contributed by atoms with E-state index in [2.05, 4.69) is 62.5 Å². The van der Waals surface area contributed by atoms with Gasteiger partial charge in [0.05, 0.1) is 34.4 Å². The van der Waals surface area contributed by atoms with Crippen molar-refractivity contribution in [2.24, 2.45) is 0 Å². The minimum atomic E-state index is -1.51.